The first-order valence-electron chi connectivity index (χ1n) is 14.0. The lowest BCUT2D eigenvalue weighted by atomic mass is 10.1. The van der Waals surface area contributed by atoms with Gasteiger partial charge in [-0.25, -0.2) is 0 Å². The van der Waals surface area contributed by atoms with Crippen LogP contribution in [0.5, 0.6) is 11.5 Å². The maximum absolute atomic E-state index is 5.37. The largest absolute Gasteiger partial charge is 0.495 e. The topological polar surface area (TPSA) is 66.6 Å². The molecule has 2 rings (SSSR count). The molecule has 0 amide bonds. The van der Waals surface area contributed by atoms with E-state index in [1.165, 1.54) is 57.8 Å². The number of benzene rings is 2. The van der Waals surface area contributed by atoms with Crippen LogP contribution >= 0.6 is 0 Å². The van der Waals surface area contributed by atoms with Crippen molar-refractivity contribution in [2.75, 3.05) is 64.1 Å². The van der Waals surface area contributed by atoms with Gasteiger partial charge in [-0.2, -0.15) is 0 Å². The molecule has 6 heteroatoms. The summed E-state index contributed by atoms with van der Waals surface area (Å²) in [6, 6.07) is 16.2. The van der Waals surface area contributed by atoms with Gasteiger partial charge in [-0.15, -0.1) is 0 Å². The fourth-order valence-corrected chi connectivity index (χ4v) is 4.23. The zero-order valence-corrected chi connectivity index (χ0v) is 22.7. The second-order valence-corrected chi connectivity index (χ2v) is 9.29. The number of anilines is 2. The summed E-state index contributed by atoms with van der Waals surface area (Å²) in [4.78, 5) is 0. The van der Waals surface area contributed by atoms with E-state index in [2.05, 4.69) is 33.4 Å². The van der Waals surface area contributed by atoms with Gasteiger partial charge in [-0.3, -0.25) is 0 Å². The van der Waals surface area contributed by atoms with E-state index in [4.69, 9.17) is 9.47 Å². The molecule has 0 fully saturated rings. The lowest BCUT2D eigenvalue weighted by Crippen LogP contribution is -2.18. The highest BCUT2D eigenvalue weighted by atomic mass is 16.5. The van der Waals surface area contributed by atoms with Gasteiger partial charge in [0.05, 0.1) is 25.6 Å². The van der Waals surface area contributed by atoms with E-state index in [0.717, 1.165) is 68.6 Å². The highest BCUT2D eigenvalue weighted by molar-refractivity contribution is 5.56. The third-order valence-corrected chi connectivity index (χ3v) is 6.36. The minimum absolute atomic E-state index is 0.913. The molecular weight excluding hydrogens is 448 g/mol. The number of unbranched alkanes of at least 4 members (excludes halogenated alkanes) is 7. The molecule has 0 atom stereocenters. The maximum atomic E-state index is 5.37. The number of ether oxygens (including phenoxy) is 2. The van der Waals surface area contributed by atoms with Gasteiger partial charge in [-0.1, -0.05) is 49.9 Å². The summed E-state index contributed by atoms with van der Waals surface area (Å²) in [5.41, 5.74) is 2.17. The van der Waals surface area contributed by atoms with Crippen LogP contribution in [-0.2, 0) is 0 Å². The summed E-state index contributed by atoms with van der Waals surface area (Å²) >= 11 is 0. The number of hydrogen-bond donors (Lipinski definition) is 4. The highest BCUT2D eigenvalue weighted by Crippen LogP contribution is 2.23. The minimum atomic E-state index is 0.913. The first-order chi connectivity index (χ1) is 17.8. The highest BCUT2D eigenvalue weighted by Gasteiger charge is 2.01. The van der Waals surface area contributed by atoms with Crippen LogP contribution in [0.25, 0.3) is 0 Å². The summed E-state index contributed by atoms with van der Waals surface area (Å²) in [6.07, 6.45) is 12.7. The molecule has 0 unspecified atom stereocenters. The Morgan fingerprint density at radius 1 is 0.444 bits per heavy atom. The fraction of sp³-hybridized carbons (Fsp3) is 0.600. The first-order valence-corrected chi connectivity index (χ1v) is 14.0. The molecule has 0 saturated heterocycles. The molecule has 202 valence electrons. The monoisotopic (exact) mass is 498 g/mol. The molecule has 0 saturated carbocycles. The average molecular weight is 499 g/mol. The average Bonchev–Trinajstić information content (AvgIpc) is 2.92. The van der Waals surface area contributed by atoms with Crippen LogP contribution in [0.15, 0.2) is 48.5 Å². The van der Waals surface area contributed by atoms with Gasteiger partial charge in [0, 0.05) is 13.1 Å². The maximum Gasteiger partial charge on any atom is 0.141 e. The van der Waals surface area contributed by atoms with Crippen LogP contribution in [0.4, 0.5) is 11.4 Å². The van der Waals surface area contributed by atoms with Crippen molar-refractivity contribution in [3.8, 4) is 11.5 Å². The van der Waals surface area contributed by atoms with E-state index in [1.807, 2.05) is 36.4 Å². The molecular formula is C30H50N4O2. The summed E-state index contributed by atoms with van der Waals surface area (Å²) in [6.45, 7) is 6.51. The Balaban J connectivity index is 1.26. The molecule has 0 spiro atoms. The van der Waals surface area contributed by atoms with Gasteiger partial charge in [0.1, 0.15) is 11.5 Å². The molecule has 0 aliphatic rings. The van der Waals surface area contributed by atoms with Crippen molar-refractivity contribution in [1.29, 1.82) is 0 Å². The Labute approximate surface area is 219 Å². The van der Waals surface area contributed by atoms with Crippen molar-refractivity contribution >= 4 is 11.4 Å². The van der Waals surface area contributed by atoms with Crippen LogP contribution in [0.1, 0.15) is 64.2 Å². The molecule has 0 aliphatic carbocycles. The number of nitrogens with one attached hydrogen (secondary N) is 4. The number of hydrogen-bond acceptors (Lipinski definition) is 6. The Hall–Kier alpha value is -2.44. The molecule has 0 aromatic heterocycles. The van der Waals surface area contributed by atoms with Crippen LogP contribution in [0.2, 0.25) is 0 Å². The van der Waals surface area contributed by atoms with Gasteiger partial charge >= 0.3 is 0 Å². The predicted molar refractivity (Wildman–Crippen MR) is 155 cm³/mol. The summed E-state index contributed by atoms with van der Waals surface area (Å²) in [7, 11) is 3.44. The second kappa shape index (κ2) is 20.7. The molecule has 2 aromatic carbocycles. The SMILES string of the molecule is COc1ccccc1NCCCCCNCCCCCCCNCCCCNc1ccccc1OC. The second-order valence-electron chi connectivity index (χ2n) is 9.29. The van der Waals surface area contributed by atoms with Crippen LogP contribution in [0.3, 0.4) is 0 Å². The lowest BCUT2D eigenvalue weighted by molar-refractivity contribution is 0.416. The fourth-order valence-electron chi connectivity index (χ4n) is 4.23. The van der Waals surface area contributed by atoms with Gasteiger partial charge < -0.3 is 30.7 Å². The van der Waals surface area contributed by atoms with Gasteiger partial charge in [0.25, 0.3) is 0 Å². The number of para-hydroxylation sites is 4. The Bertz CT molecular complexity index is 722. The van der Waals surface area contributed by atoms with Crippen molar-refractivity contribution in [3.05, 3.63) is 48.5 Å². The minimum Gasteiger partial charge on any atom is -0.495 e. The molecule has 36 heavy (non-hydrogen) atoms. The normalized spacial score (nSPS) is 10.8. The van der Waals surface area contributed by atoms with Crippen molar-refractivity contribution < 1.29 is 9.47 Å². The Kier molecular flexibility index (Phi) is 17.1. The summed E-state index contributed by atoms with van der Waals surface area (Å²) < 4.78 is 10.7. The Morgan fingerprint density at radius 2 is 0.778 bits per heavy atom. The van der Waals surface area contributed by atoms with E-state index >= 15 is 0 Å². The van der Waals surface area contributed by atoms with Crippen LogP contribution in [-0.4, -0.2) is 53.5 Å². The molecule has 6 nitrogen and oxygen atoms in total. The molecule has 0 heterocycles. The molecule has 0 bridgehead atoms. The number of methoxy groups -OCH3 is 2. The van der Waals surface area contributed by atoms with Crippen molar-refractivity contribution in [3.63, 3.8) is 0 Å². The summed E-state index contributed by atoms with van der Waals surface area (Å²) in [5, 5.41) is 14.1. The number of rotatable bonds is 23. The standard InChI is InChI=1S/C30H50N4O2/c1-35-29-19-9-7-17-27(29)33-25-14-6-13-23-31-21-11-4-3-5-12-22-32-24-15-16-26-34-28-18-8-10-20-30(28)36-2/h7-10,17-20,31-34H,3-6,11-16,21-26H2,1-2H3. The molecule has 0 radical (unpaired) electrons. The predicted octanol–water partition coefficient (Wildman–Crippen LogP) is 6.31. The van der Waals surface area contributed by atoms with Gasteiger partial charge in [0.15, 0.2) is 0 Å². The van der Waals surface area contributed by atoms with Crippen LogP contribution in [0, 0.1) is 0 Å². The van der Waals surface area contributed by atoms with E-state index in [-0.39, 0.29) is 0 Å². The smallest absolute Gasteiger partial charge is 0.141 e. The summed E-state index contributed by atoms with van der Waals surface area (Å²) in [5.74, 6) is 1.83. The van der Waals surface area contributed by atoms with E-state index in [9.17, 15) is 0 Å². The van der Waals surface area contributed by atoms with E-state index in [0.29, 0.717) is 0 Å². The van der Waals surface area contributed by atoms with Crippen LogP contribution < -0.4 is 30.7 Å². The zero-order valence-electron chi connectivity index (χ0n) is 22.7. The van der Waals surface area contributed by atoms with E-state index < -0.39 is 0 Å². The molecule has 4 N–H and O–H groups in total. The first kappa shape index (κ1) is 29.8. The van der Waals surface area contributed by atoms with Crippen molar-refractivity contribution in [2.24, 2.45) is 0 Å². The third-order valence-electron chi connectivity index (χ3n) is 6.36. The third kappa shape index (κ3) is 13.6. The van der Waals surface area contributed by atoms with Crippen molar-refractivity contribution in [1.82, 2.24) is 10.6 Å². The molecule has 2 aromatic rings. The van der Waals surface area contributed by atoms with Gasteiger partial charge in [0.2, 0.25) is 0 Å². The molecule has 0 aliphatic heterocycles. The Morgan fingerprint density at radius 3 is 1.25 bits per heavy atom. The van der Waals surface area contributed by atoms with Gasteiger partial charge in [-0.05, 0) is 89.0 Å². The quantitative estimate of drug-likeness (QED) is 0.135. The van der Waals surface area contributed by atoms with E-state index in [1.54, 1.807) is 14.2 Å². The van der Waals surface area contributed by atoms with Crippen molar-refractivity contribution in [2.45, 2.75) is 64.2 Å². The zero-order chi connectivity index (χ0) is 25.5. The lowest BCUT2D eigenvalue weighted by Gasteiger charge is -2.11.